The number of benzene rings is 1. The van der Waals surface area contributed by atoms with Gasteiger partial charge in [-0.3, -0.25) is 4.79 Å². The van der Waals surface area contributed by atoms with E-state index in [-0.39, 0.29) is 11.3 Å². The van der Waals surface area contributed by atoms with Gasteiger partial charge >= 0.3 is 0 Å². The van der Waals surface area contributed by atoms with Crippen molar-refractivity contribution in [2.24, 2.45) is 5.92 Å². The molecule has 23 heavy (non-hydrogen) atoms. The molecule has 1 atom stereocenters. The molecule has 128 valence electrons. The van der Waals surface area contributed by atoms with E-state index >= 15 is 0 Å². The molecular weight excluding hydrogens is 288 g/mol. The summed E-state index contributed by atoms with van der Waals surface area (Å²) in [7, 11) is 0. The average molecular weight is 318 g/mol. The highest BCUT2D eigenvalue weighted by Gasteiger charge is 2.15. The molecule has 0 radical (unpaired) electrons. The lowest BCUT2D eigenvalue weighted by Crippen LogP contribution is -2.28. The van der Waals surface area contributed by atoms with Gasteiger partial charge in [-0.15, -0.1) is 0 Å². The van der Waals surface area contributed by atoms with Crippen LogP contribution in [0.1, 0.15) is 45.6 Å². The highest BCUT2D eigenvalue weighted by molar-refractivity contribution is 5.75. The first-order valence-corrected chi connectivity index (χ1v) is 8.66. The number of nitrogens with one attached hydrogen (secondary N) is 2. The van der Waals surface area contributed by atoms with Gasteiger partial charge in [0, 0.05) is 6.42 Å². The summed E-state index contributed by atoms with van der Waals surface area (Å²) in [6.07, 6.45) is 2.79. The molecule has 4 heteroatoms. The molecule has 1 aliphatic rings. The maximum Gasteiger partial charge on any atom is 0.220 e. The second kappa shape index (κ2) is 8.34. The summed E-state index contributed by atoms with van der Waals surface area (Å²) in [6.45, 7) is 9.80. The average Bonchev–Trinajstić information content (AvgIpc) is 3.02. The van der Waals surface area contributed by atoms with Crippen LogP contribution < -0.4 is 15.4 Å². The lowest BCUT2D eigenvalue weighted by Gasteiger charge is -2.19. The highest BCUT2D eigenvalue weighted by Crippen LogP contribution is 2.24. The first kappa shape index (κ1) is 17.8. The van der Waals surface area contributed by atoms with Gasteiger partial charge in [0.1, 0.15) is 12.4 Å². The molecule has 1 unspecified atom stereocenters. The van der Waals surface area contributed by atoms with E-state index in [2.05, 4.69) is 43.5 Å². The molecule has 1 aromatic carbocycles. The Morgan fingerprint density at radius 3 is 2.65 bits per heavy atom. The molecule has 4 nitrogen and oxygen atoms in total. The summed E-state index contributed by atoms with van der Waals surface area (Å²) < 4.78 is 5.68. The van der Waals surface area contributed by atoms with E-state index in [1.54, 1.807) is 0 Å². The fourth-order valence-electron chi connectivity index (χ4n) is 2.79. The van der Waals surface area contributed by atoms with Crippen molar-refractivity contribution >= 4 is 5.91 Å². The van der Waals surface area contributed by atoms with Gasteiger partial charge in [-0.05, 0) is 55.0 Å². The Bertz CT molecular complexity index is 485. The second-order valence-corrected chi connectivity index (χ2v) is 7.37. The van der Waals surface area contributed by atoms with Crippen molar-refractivity contribution in [3.8, 4) is 5.75 Å². The highest BCUT2D eigenvalue weighted by atomic mass is 16.5. The standard InChI is InChI=1S/C19H30N2O2/c1-19(2,3)16-5-7-17(8-6-16)23-13-12-21-18(22)9-4-15-10-11-20-14-15/h5-8,15,20H,4,9-14H2,1-3H3,(H,21,22). The zero-order valence-electron chi connectivity index (χ0n) is 14.7. The Morgan fingerprint density at radius 2 is 2.04 bits per heavy atom. The Kier molecular flexibility index (Phi) is 6.46. The number of carbonyl (C=O) groups excluding carboxylic acids is 1. The molecule has 0 saturated carbocycles. The smallest absolute Gasteiger partial charge is 0.220 e. The monoisotopic (exact) mass is 318 g/mol. The number of hydrogen-bond acceptors (Lipinski definition) is 3. The van der Waals surface area contributed by atoms with Crippen molar-refractivity contribution in [3.05, 3.63) is 29.8 Å². The van der Waals surface area contributed by atoms with E-state index in [9.17, 15) is 4.79 Å². The fourth-order valence-corrected chi connectivity index (χ4v) is 2.79. The summed E-state index contributed by atoms with van der Waals surface area (Å²) in [5.41, 5.74) is 1.45. The zero-order chi connectivity index (χ0) is 16.7. The van der Waals surface area contributed by atoms with Gasteiger partial charge < -0.3 is 15.4 Å². The summed E-state index contributed by atoms with van der Waals surface area (Å²) in [5, 5.41) is 6.26. The molecule has 1 heterocycles. The summed E-state index contributed by atoms with van der Waals surface area (Å²) in [4.78, 5) is 11.8. The lowest BCUT2D eigenvalue weighted by atomic mass is 9.87. The minimum Gasteiger partial charge on any atom is -0.492 e. The third-order valence-corrected chi connectivity index (χ3v) is 4.36. The first-order valence-electron chi connectivity index (χ1n) is 8.66. The van der Waals surface area contributed by atoms with Gasteiger partial charge in [0.15, 0.2) is 0 Å². The van der Waals surface area contributed by atoms with Crippen LogP contribution in [0.4, 0.5) is 0 Å². The third kappa shape index (κ3) is 6.22. The van der Waals surface area contributed by atoms with E-state index < -0.39 is 0 Å². The summed E-state index contributed by atoms with van der Waals surface area (Å²) >= 11 is 0. The molecule has 1 aromatic rings. The predicted octanol–water partition coefficient (Wildman–Crippen LogP) is 2.87. The largest absolute Gasteiger partial charge is 0.492 e. The van der Waals surface area contributed by atoms with E-state index in [1.165, 1.54) is 12.0 Å². The van der Waals surface area contributed by atoms with Crippen LogP contribution in [0, 0.1) is 5.92 Å². The van der Waals surface area contributed by atoms with Crippen LogP contribution in [-0.2, 0) is 10.2 Å². The van der Waals surface area contributed by atoms with Gasteiger partial charge in [0.05, 0.1) is 6.54 Å². The predicted molar refractivity (Wildman–Crippen MR) is 93.9 cm³/mol. The normalized spacial score (nSPS) is 18.0. The molecule has 1 fully saturated rings. The SMILES string of the molecule is CC(C)(C)c1ccc(OCCNC(=O)CCC2CCNC2)cc1. The summed E-state index contributed by atoms with van der Waals surface area (Å²) in [5.74, 6) is 1.64. The maximum atomic E-state index is 11.8. The van der Waals surface area contributed by atoms with E-state index in [0.29, 0.717) is 25.5 Å². The van der Waals surface area contributed by atoms with Crippen molar-refractivity contribution < 1.29 is 9.53 Å². The molecular formula is C19H30N2O2. The molecule has 0 bridgehead atoms. The molecule has 1 saturated heterocycles. The number of rotatable bonds is 7. The van der Waals surface area contributed by atoms with Crippen LogP contribution >= 0.6 is 0 Å². The molecule has 0 aliphatic carbocycles. The minimum absolute atomic E-state index is 0.128. The molecule has 1 amide bonds. The van der Waals surface area contributed by atoms with Gasteiger partial charge in [-0.1, -0.05) is 32.9 Å². The van der Waals surface area contributed by atoms with Crippen LogP contribution in [0.5, 0.6) is 5.75 Å². The van der Waals surface area contributed by atoms with Crippen LogP contribution in [0.25, 0.3) is 0 Å². The number of hydrogen-bond donors (Lipinski definition) is 2. The molecule has 0 aromatic heterocycles. The van der Waals surface area contributed by atoms with Crippen LogP contribution in [-0.4, -0.2) is 32.1 Å². The summed E-state index contributed by atoms with van der Waals surface area (Å²) in [6, 6.07) is 8.19. The van der Waals surface area contributed by atoms with Gasteiger partial charge in [-0.2, -0.15) is 0 Å². The zero-order valence-corrected chi connectivity index (χ0v) is 14.7. The van der Waals surface area contributed by atoms with Crippen molar-refractivity contribution in [2.75, 3.05) is 26.2 Å². The third-order valence-electron chi connectivity index (χ3n) is 4.36. The molecule has 0 spiro atoms. The van der Waals surface area contributed by atoms with Crippen LogP contribution in [0.2, 0.25) is 0 Å². The van der Waals surface area contributed by atoms with E-state index in [0.717, 1.165) is 25.3 Å². The Balaban J connectivity index is 1.60. The Morgan fingerprint density at radius 1 is 1.30 bits per heavy atom. The second-order valence-electron chi connectivity index (χ2n) is 7.37. The fraction of sp³-hybridized carbons (Fsp3) is 0.632. The van der Waals surface area contributed by atoms with E-state index in [1.807, 2.05) is 12.1 Å². The Hall–Kier alpha value is -1.55. The Labute approximate surface area is 140 Å². The van der Waals surface area contributed by atoms with Gasteiger partial charge in [0.2, 0.25) is 5.91 Å². The number of carbonyl (C=O) groups is 1. The number of ether oxygens (including phenoxy) is 1. The van der Waals surface area contributed by atoms with Crippen LogP contribution in [0.15, 0.2) is 24.3 Å². The molecule has 2 N–H and O–H groups in total. The molecule has 1 aliphatic heterocycles. The van der Waals surface area contributed by atoms with Gasteiger partial charge in [-0.25, -0.2) is 0 Å². The van der Waals surface area contributed by atoms with Crippen molar-refractivity contribution in [3.63, 3.8) is 0 Å². The number of amides is 1. The quantitative estimate of drug-likeness (QED) is 0.760. The lowest BCUT2D eigenvalue weighted by molar-refractivity contribution is -0.121. The first-order chi connectivity index (χ1) is 10.9. The minimum atomic E-state index is 0.128. The maximum absolute atomic E-state index is 11.8. The van der Waals surface area contributed by atoms with Crippen molar-refractivity contribution in [1.82, 2.24) is 10.6 Å². The van der Waals surface area contributed by atoms with E-state index in [4.69, 9.17) is 4.74 Å². The van der Waals surface area contributed by atoms with Crippen molar-refractivity contribution in [1.29, 1.82) is 0 Å². The van der Waals surface area contributed by atoms with Crippen molar-refractivity contribution in [2.45, 2.75) is 45.4 Å². The van der Waals surface area contributed by atoms with Crippen LogP contribution in [0.3, 0.4) is 0 Å². The van der Waals surface area contributed by atoms with Gasteiger partial charge in [0.25, 0.3) is 0 Å². The molecule has 2 rings (SSSR count). The topological polar surface area (TPSA) is 50.4 Å².